The zero-order valence-electron chi connectivity index (χ0n) is 22.1. The number of Topliss-reactive ketones (excluding diaryl/α,β-unsaturated/α-hetero) is 1. The lowest BCUT2D eigenvalue weighted by Gasteiger charge is -2.72. The number of rotatable bonds is 3. The van der Waals surface area contributed by atoms with E-state index in [2.05, 4.69) is 41.5 Å². The van der Waals surface area contributed by atoms with Crippen LogP contribution in [-0.2, 0) is 9.59 Å². The number of carbonyl (C=O) groups is 2. The van der Waals surface area contributed by atoms with Gasteiger partial charge in [-0.1, -0.05) is 41.5 Å². The molecular formula is C30H48O3. The molecule has 186 valence electrons. The summed E-state index contributed by atoms with van der Waals surface area (Å²) in [7, 11) is 0. The van der Waals surface area contributed by atoms with E-state index < -0.39 is 0 Å². The van der Waals surface area contributed by atoms with Crippen LogP contribution >= 0.6 is 0 Å². The summed E-state index contributed by atoms with van der Waals surface area (Å²) in [6, 6.07) is 0. The first kappa shape index (κ1) is 24.0. The molecule has 1 unspecified atom stereocenters. The van der Waals surface area contributed by atoms with Gasteiger partial charge in [0.1, 0.15) is 12.1 Å². The molecule has 0 spiro atoms. The Morgan fingerprint density at radius 1 is 0.909 bits per heavy atom. The molecule has 5 aliphatic carbocycles. The predicted octanol–water partition coefficient (Wildman–Crippen LogP) is 6.46. The summed E-state index contributed by atoms with van der Waals surface area (Å²) >= 11 is 0. The van der Waals surface area contributed by atoms with Crippen molar-refractivity contribution in [3.05, 3.63) is 0 Å². The van der Waals surface area contributed by atoms with Crippen molar-refractivity contribution < 1.29 is 14.7 Å². The zero-order valence-corrected chi connectivity index (χ0v) is 22.1. The summed E-state index contributed by atoms with van der Waals surface area (Å²) in [4.78, 5) is 24.8. The normalized spacial score (nSPS) is 53.9. The van der Waals surface area contributed by atoms with Gasteiger partial charge in [-0.25, -0.2) is 0 Å². The van der Waals surface area contributed by atoms with E-state index in [4.69, 9.17) is 0 Å². The summed E-state index contributed by atoms with van der Waals surface area (Å²) in [5.74, 6) is 3.26. The van der Waals surface area contributed by atoms with Gasteiger partial charge in [0.25, 0.3) is 0 Å². The van der Waals surface area contributed by atoms with Crippen molar-refractivity contribution in [1.82, 2.24) is 0 Å². The lowest BCUT2D eigenvalue weighted by atomic mass is 9.32. The minimum atomic E-state index is -0.194. The largest absolute Gasteiger partial charge is 0.396 e. The third kappa shape index (κ3) is 2.84. The molecule has 0 aromatic rings. The second-order valence-electron chi connectivity index (χ2n) is 14.6. The van der Waals surface area contributed by atoms with Gasteiger partial charge < -0.3 is 9.90 Å². The highest BCUT2D eigenvalue weighted by molar-refractivity contribution is 5.85. The van der Waals surface area contributed by atoms with Crippen LogP contribution in [0.5, 0.6) is 0 Å². The number of hydrogen-bond acceptors (Lipinski definition) is 3. The van der Waals surface area contributed by atoms with Crippen LogP contribution in [0.1, 0.15) is 106 Å². The van der Waals surface area contributed by atoms with Gasteiger partial charge in [0.2, 0.25) is 0 Å². The average molecular weight is 457 g/mol. The third-order valence-electron chi connectivity index (χ3n) is 13.6. The molecule has 33 heavy (non-hydrogen) atoms. The van der Waals surface area contributed by atoms with Crippen LogP contribution in [0.3, 0.4) is 0 Å². The lowest BCUT2D eigenvalue weighted by Crippen LogP contribution is -2.66. The van der Waals surface area contributed by atoms with E-state index in [1.54, 1.807) is 0 Å². The first-order valence-electron chi connectivity index (χ1n) is 14.0. The molecule has 3 nitrogen and oxygen atoms in total. The van der Waals surface area contributed by atoms with E-state index in [1.807, 2.05) is 0 Å². The van der Waals surface area contributed by atoms with Gasteiger partial charge in [-0.05, 0) is 109 Å². The van der Waals surface area contributed by atoms with Crippen LogP contribution in [0.4, 0.5) is 0 Å². The summed E-state index contributed by atoms with van der Waals surface area (Å²) in [6.07, 6.45) is 12.4. The number of carbonyl (C=O) groups excluding carboxylic acids is 2. The number of aliphatic hydroxyl groups is 1. The first-order chi connectivity index (χ1) is 15.4. The molecule has 5 aliphatic rings. The second kappa shape index (κ2) is 7.40. The van der Waals surface area contributed by atoms with Gasteiger partial charge in [0.05, 0.1) is 0 Å². The van der Waals surface area contributed by atoms with E-state index >= 15 is 0 Å². The minimum Gasteiger partial charge on any atom is -0.396 e. The molecule has 1 N–H and O–H groups in total. The molecule has 0 amide bonds. The summed E-state index contributed by atoms with van der Waals surface area (Å²) in [5.41, 5.74) is 0.617. The smallest absolute Gasteiger partial charge is 0.138 e. The van der Waals surface area contributed by atoms with Crippen LogP contribution in [0.2, 0.25) is 0 Å². The lowest BCUT2D eigenvalue weighted by molar-refractivity contribution is -0.238. The highest BCUT2D eigenvalue weighted by Gasteiger charge is 2.70. The van der Waals surface area contributed by atoms with Crippen molar-refractivity contribution >= 4 is 12.1 Å². The summed E-state index contributed by atoms with van der Waals surface area (Å²) in [6.45, 7) is 14.6. The second-order valence-corrected chi connectivity index (χ2v) is 14.6. The highest BCUT2D eigenvalue weighted by Crippen LogP contribution is 2.77. The quantitative estimate of drug-likeness (QED) is 0.496. The Balaban J connectivity index is 1.55. The van der Waals surface area contributed by atoms with Gasteiger partial charge >= 0.3 is 0 Å². The molecule has 0 heterocycles. The Hall–Kier alpha value is -0.700. The maximum Gasteiger partial charge on any atom is 0.138 e. The van der Waals surface area contributed by atoms with E-state index in [9.17, 15) is 14.7 Å². The van der Waals surface area contributed by atoms with E-state index in [0.717, 1.165) is 32.1 Å². The Kier molecular flexibility index (Phi) is 5.39. The Bertz CT molecular complexity index is 832. The number of hydrogen-bond donors (Lipinski definition) is 1. The Labute approximate surface area is 201 Å². The van der Waals surface area contributed by atoms with Gasteiger partial charge in [0.15, 0.2) is 0 Å². The fourth-order valence-electron chi connectivity index (χ4n) is 11.6. The summed E-state index contributed by atoms with van der Waals surface area (Å²) in [5, 5.41) is 10.7. The molecule has 3 heteroatoms. The molecule has 5 saturated carbocycles. The zero-order chi connectivity index (χ0) is 24.0. The number of ketones is 1. The average Bonchev–Trinajstić information content (AvgIpc) is 3.17. The molecule has 0 aliphatic heterocycles. The van der Waals surface area contributed by atoms with Gasteiger partial charge in [-0.2, -0.15) is 0 Å². The molecule has 0 aromatic heterocycles. The van der Waals surface area contributed by atoms with Crippen molar-refractivity contribution in [2.45, 2.75) is 106 Å². The fraction of sp³-hybridized carbons (Fsp3) is 0.933. The SMILES string of the molecule is CC(C=O)[C@@H]1CC[C@]2(CO)CC[C@]3(C)[C@H](CC[C@@H]4[C@@]5(C)CCC(=O)C(C)(C)[C@@H]5CC[C@]43C)[C@@H]12. The Morgan fingerprint density at radius 3 is 2.30 bits per heavy atom. The van der Waals surface area contributed by atoms with Crippen molar-refractivity contribution in [3.8, 4) is 0 Å². The van der Waals surface area contributed by atoms with Crippen molar-refractivity contribution in [1.29, 1.82) is 0 Å². The topological polar surface area (TPSA) is 54.4 Å². The van der Waals surface area contributed by atoms with Crippen LogP contribution < -0.4 is 0 Å². The van der Waals surface area contributed by atoms with Crippen LogP contribution in [-0.4, -0.2) is 23.8 Å². The van der Waals surface area contributed by atoms with E-state index in [1.165, 1.54) is 38.4 Å². The van der Waals surface area contributed by atoms with Gasteiger partial charge in [-0.3, -0.25) is 4.79 Å². The van der Waals surface area contributed by atoms with Crippen LogP contribution in [0.15, 0.2) is 0 Å². The molecular weight excluding hydrogens is 408 g/mol. The first-order valence-corrected chi connectivity index (χ1v) is 14.0. The standard InChI is InChI=1S/C30H48O3/c1-19(17-31)20-9-14-30(18-32)16-15-28(5)21(25(20)30)7-8-23-27(4)12-11-24(33)26(2,3)22(27)10-13-29(23,28)6/h17,19-23,25,32H,7-16,18H2,1-6H3/t19?,20-,21+,22-,23+,25+,27-,28+,29+,30+/m0/s1. The van der Waals surface area contributed by atoms with Gasteiger partial charge in [0, 0.05) is 24.4 Å². The maximum atomic E-state index is 12.9. The van der Waals surface area contributed by atoms with Crippen LogP contribution in [0, 0.1) is 62.6 Å². The van der Waals surface area contributed by atoms with Gasteiger partial charge in [-0.15, -0.1) is 0 Å². The highest BCUT2D eigenvalue weighted by atomic mass is 16.3. The monoisotopic (exact) mass is 456 g/mol. The number of aldehydes is 1. The molecule has 0 aromatic carbocycles. The Morgan fingerprint density at radius 2 is 1.64 bits per heavy atom. The van der Waals surface area contributed by atoms with Crippen molar-refractivity contribution in [2.75, 3.05) is 6.61 Å². The number of aliphatic hydroxyl groups excluding tert-OH is 1. The molecule has 0 radical (unpaired) electrons. The fourth-order valence-corrected chi connectivity index (χ4v) is 11.6. The maximum absolute atomic E-state index is 12.9. The van der Waals surface area contributed by atoms with Crippen LogP contribution in [0.25, 0.3) is 0 Å². The predicted molar refractivity (Wildman–Crippen MR) is 131 cm³/mol. The molecule has 10 atom stereocenters. The van der Waals surface area contributed by atoms with E-state index in [-0.39, 0.29) is 33.0 Å². The van der Waals surface area contributed by atoms with E-state index in [0.29, 0.717) is 42.0 Å². The van der Waals surface area contributed by atoms with Crippen molar-refractivity contribution in [2.24, 2.45) is 62.6 Å². The summed E-state index contributed by atoms with van der Waals surface area (Å²) < 4.78 is 0. The number of fused-ring (bicyclic) bond motifs is 7. The minimum absolute atomic E-state index is 0.0374. The van der Waals surface area contributed by atoms with Crippen molar-refractivity contribution in [3.63, 3.8) is 0 Å². The molecule has 0 saturated heterocycles. The third-order valence-corrected chi connectivity index (χ3v) is 13.6. The molecule has 0 bridgehead atoms. The molecule has 5 rings (SSSR count). The molecule has 5 fully saturated rings.